The molecule has 0 radical (unpaired) electrons. The van der Waals surface area contributed by atoms with Crippen molar-refractivity contribution in [2.24, 2.45) is 11.7 Å². The number of carboxylic acid groups (broad SMARTS) is 1. The lowest BCUT2D eigenvalue weighted by Crippen LogP contribution is -2.39. The monoisotopic (exact) mass is 281 g/mol. The molecule has 1 aromatic carbocycles. The molecule has 2 atom stereocenters. The zero-order valence-corrected chi connectivity index (χ0v) is 11.7. The quantitative estimate of drug-likeness (QED) is 0.569. The van der Waals surface area contributed by atoms with Gasteiger partial charge in [0.25, 0.3) is 0 Å². The van der Waals surface area contributed by atoms with Crippen molar-refractivity contribution in [1.82, 2.24) is 0 Å². The van der Waals surface area contributed by atoms with E-state index >= 15 is 0 Å². The van der Waals surface area contributed by atoms with Crippen molar-refractivity contribution < 1.29 is 24.5 Å². The lowest BCUT2D eigenvalue weighted by Gasteiger charge is -2.25. The van der Waals surface area contributed by atoms with Gasteiger partial charge in [0.05, 0.1) is 6.04 Å². The summed E-state index contributed by atoms with van der Waals surface area (Å²) in [5.41, 5.74) is 5.38. The number of phenolic OH excluding ortho intramolecular Hbond substituents is 1. The molecule has 0 spiro atoms. The number of hydrogen-bond acceptors (Lipinski definition) is 5. The molecular weight excluding hydrogens is 262 g/mol. The number of nitrogens with two attached hydrogens (primary N) is 1. The van der Waals surface area contributed by atoms with E-state index in [9.17, 15) is 19.8 Å². The van der Waals surface area contributed by atoms with Gasteiger partial charge in [-0.1, -0.05) is 12.1 Å². The predicted octanol–water partition coefficient (Wildman–Crippen LogP) is 1.43. The molecule has 4 N–H and O–H groups in total. The number of ether oxygens (including phenoxy) is 1. The molecule has 1 unspecified atom stereocenters. The number of carbonyl (C=O) groups excluding carboxylic acids is 1. The van der Waals surface area contributed by atoms with Gasteiger partial charge in [-0.3, -0.25) is 9.59 Å². The molecule has 20 heavy (non-hydrogen) atoms. The maximum atomic E-state index is 12.0. The molecule has 0 fully saturated rings. The van der Waals surface area contributed by atoms with Crippen LogP contribution in [0.15, 0.2) is 24.3 Å². The summed E-state index contributed by atoms with van der Waals surface area (Å²) < 4.78 is 5.07. The van der Waals surface area contributed by atoms with Crippen LogP contribution in [0.4, 0.5) is 0 Å². The highest BCUT2D eigenvalue weighted by molar-refractivity contribution is 5.95. The normalized spacial score (nSPS) is 14.4. The average molecular weight is 281 g/mol. The van der Waals surface area contributed by atoms with E-state index < -0.39 is 29.5 Å². The lowest BCUT2D eigenvalue weighted by atomic mass is 9.93. The summed E-state index contributed by atoms with van der Waals surface area (Å²) in [7, 11) is 0. The van der Waals surface area contributed by atoms with Crippen LogP contribution in [-0.2, 0) is 14.3 Å². The van der Waals surface area contributed by atoms with E-state index in [1.807, 2.05) is 0 Å². The minimum Gasteiger partial charge on any atom is -0.508 e. The Morgan fingerprint density at radius 1 is 1.30 bits per heavy atom. The summed E-state index contributed by atoms with van der Waals surface area (Å²) in [4.78, 5) is 23.2. The minimum absolute atomic E-state index is 0.0497. The van der Waals surface area contributed by atoms with E-state index in [4.69, 9.17) is 10.5 Å². The number of carboxylic acids is 1. The van der Waals surface area contributed by atoms with Gasteiger partial charge >= 0.3 is 11.9 Å². The van der Waals surface area contributed by atoms with E-state index in [0.29, 0.717) is 5.56 Å². The van der Waals surface area contributed by atoms with Crippen molar-refractivity contribution in [1.29, 1.82) is 0 Å². The first-order chi connectivity index (χ1) is 9.11. The first-order valence-corrected chi connectivity index (χ1v) is 6.12. The van der Waals surface area contributed by atoms with Gasteiger partial charge < -0.3 is 20.7 Å². The fourth-order valence-electron chi connectivity index (χ4n) is 1.69. The summed E-state index contributed by atoms with van der Waals surface area (Å²) in [6.07, 6.45) is 0. The molecular formula is C14H19NO5. The molecule has 0 aromatic heterocycles. The minimum atomic E-state index is -1.53. The molecule has 0 amide bonds. The van der Waals surface area contributed by atoms with Crippen molar-refractivity contribution in [2.75, 3.05) is 0 Å². The summed E-state index contributed by atoms with van der Waals surface area (Å²) in [5.74, 6) is -3.85. The van der Waals surface area contributed by atoms with Crippen LogP contribution in [0.5, 0.6) is 5.75 Å². The van der Waals surface area contributed by atoms with Crippen LogP contribution in [-0.4, -0.2) is 27.8 Å². The summed E-state index contributed by atoms with van der Waals surface area (Å²) in [5, 5.41) is 18.6. The molecule has 0 saturated carbocycles. The molecule has 6 nitrogen and oxygen atoms in total. The van der Waals surface area contributed by atoms with Crippen LogP contribution in [0.1, 0.15) is 32.4 Å². The zero-order chi connectivity index (χ0) is 15.5. The Hall–Kier alpha value is -2.08. The van der Waals surface area contributed by atoms with Crippen LogP contribution in [0, 0.1) is 5.92 Å². The van der Waals surface area contributed by atoms with E-state index in [1.54, 1.807) is 26.8 Å². The van der Waals surface area contributed by atoms with Crippen LogP contribution < -0.4 is 5.73 Å². The summed E-state index contributed by atoms with van der Waals surface area (Å²) in [6, 6.07) is 4.72. The largest absolute Gasteiger partial charge is 0.508 e. The topological polar surface area (TPSA) is 110 Å². The molecule has 110 valence electrons. The second-order valence-electron chi connectivity index (χ2n) is 5.47. The Balaban J connectivity index is 3.02. The average Bonchev–Trinajstić information content (AvgIpc) is 2.25. The fourth-order valence-corrected chi connectivity index (χ4v) is 1.69. The first kappa shape index (κ1) is 16.0. The highest BCUT2D eigenvalue weighted by Crippen LogP contribution is 2.25. The second kappa shape index (κ2) is 5.92. The number of esters is 1. The standard InChI is InChI=1S/C14H19NO5/c1-14(2,3)20-13(19)10(12(17)18)11(15)8-5-4-6-9(16)7-8/h4-7,10-11,16H,15H2,1-3H3,(H,17,18)/t10-,11?/m1/s1. The van der Waals surface area contributed by atoms with E-state index in [1.165, 1.54) is 18.2 Å². The van der Waals surface area contributed by atoms with Gasteiger partial charge in [0.15, 0.2) is 5.92 Å². The van der Waals surface area contributed by atoms with Gasteiger partial charge in [0, 0.05) is 0 Å². The first-order valence-electron chi connectivity index (χ1n) is 6.12. The van der Waals surface area contributed by atoms with Crippen molar-refractivity contribution in [3.8, 4) is 5.75 Å². The highest BCUT2D eigenvalue weighted by Gasteiger charge is 2.37. The molecule has 0 saturated heterocycles. The number of benzene rings is 1. The van der Waals surface area contributed by atoms with Crippen molar-refractivity contribution in [2.45, 2.75) is 32.4 Å². The number of aromatic hydroxyl groups is 1. The third-order valence-corrected chi connectivity index (χ3v) is 2.54. The van der Waals surface area contributed by atoms with E-state index in [2.05, 4.69) is 0 Å². The van der Waals surface area contributed by atoms with Crippen molar-refractivity contribution in [3.05, 3.63) is 29.8 Å². The number of carbonyl (C=O) groups is 2. The van der Waals surface area contributed by atoms with Crippen molar-refractivity contribution >= 4 is 11.9 Å². The number of rotatable bonds is 4. The van der Waals surface area contributed by atoms with Gasteiger partial charge in [-0.2, -0.15) is 0 Å². The predicted molar refractivity (Wildman–Crippen MR) is 72.0 cm³/mol. The van der Waals surface area contributed by atoms with Gasteiger partial charge in [-0.05, 0) is 38.5 Å². The molecule has 0 aliphatic rings. The Labute approximate surface area is 117 Å². The molecule has 1 rings (SSSR count). The molecule has 0 bridgehead atoms. The Kier molecular flexibility index (Phi) is 4.73. The molecule has 6 heteroatoms. The molecule has 0 heterocycles. The molecule has 0 aliphatic heterocycles. The number of hydrogen-bond donors (Lipinski definition) is 3. The van der Waals surface area contributed by atoms with Gasteiger partial charge in [0.1, 0.15) is 11.4 Å². The van der Waals surface area contributed by atoms with Gasteiger partial charge in [-0.25, -0.2) is 0 Å². The van der Waals surface area contributed by atoms with Crippen LogP contribution >= 0.6 is 0 Å². The Bertz CT molecular complexity index is 507. The van der Waals surface area contributed by atoms with Crippen LogP contribution in [0.2, 0.25) is 0 Å². The van der Waals surface area contributed by atoms with Crippen LogP contribution in [0.25, 0.3) is 0 Å². The number of phenols is 1. The molecule has 0 aliphatic carbocycles. The SMILES string of the molecule is CC(C)(C)OC(=O)[C@@H](C(=O)O)C(N)c1cccc(O)c1. The summed E-state index contributed by atoms with van der Waals surface area (Å²) in [6.45, 7) is 4.93. The Morgan fingerprint density at radius 2 is 1.90 bits per heavy atom. The third-order valence-electron chi connectivity index (χ3n) is 2.54. The van der Waals surface area contributed by atoms with Crippen LogP contribution in [0.3, 0.4) is 0 Å². The van der Waals surface area contributed by atoms with Gasteiger partial charge in [0.2, 0.25) is 0 Å². The van der Waals surface area contributed by atoms with E-state index in [0.717, 1.165) is 0 Å². The zero-order valence-electron chi connectivity index (χ0n) is 11.7. The van der Waals surface area contributed by atoms with Crippen molar-refractivity contribution in [3.63, 3.8) is 0 Å². The summed E-state index contributed by atoms with van der Waals surface area (Å²) >= 11 is 0. The second-order valence-corrected chi connectivity index (χ2v) is 5.47. The third kappa shape index (κ3) is 4.24. The molecule has 1 aromatic rings. The maximum absolute atomic E-state index is 12.0. The van der Waals surface area contributed by atoms with E-state index in [-0.39, 0.29) is 5.75 Å². The maximum Gasteiger partial charge on any atom is 0.322 e. The van der Waals surface area contributed by atoms with Gasteiger partial charge in [-0.15, -0.1) is 0 Å². The number of aliphatic carboxylic acids is 1. The fraction of sp³-hybridized carbons (Fsp3) is 0.429. The lowest BCUT2D eigenvalue weighted by molar-refractivity contribution is -0.167. The smallest absolute Gasteiger partial charge is 0.322 e. The highest BCUT2D eigenvalue weighted by atomic mass is 16.6. The Morgan fingerprint density at radius 3 is 2.35 bits per heavy atom.